The summed E-state index contributed by atoms with van der Waals surface area (Å²) in [5.41, 5.74) is 11.5. The maximum Gasteiger partial charge on any atom is 0.160 e. The Morgan fingerprint density at radius 2 is 0.780 bits per heavy atom. The van der Waals surface area contributed by atoms with Gasteiger partial charge in [0, 0.05) is 38.2 Å². The lowest BCUT2D eigenvalue weighted by Crippen LogP contribution is -2.06. The Kier molecular flexibility index (Phi) is 6.46. The Morgan fingerprint density at radius 1 is 0.340 bits per heavy atom. The first kappa shape index (κ1) is 28.3. The second-order valence-electron chi connectivity index (χ2n) is 12.6. The number of hydrogen-bond donors (Lipinski definition) is 0. The molecule has 0 saturated carbocycles. The fraction of sp³-hybridized carbons (Fsp3) is 0. The van der Waals surface area contributed by atoms with Crippen molar-refractivity contribution in [3.05, 3.63) is 182 Å². The highest BCUT2D eigenvalue weighted by atomic mass is 15.1. The smallest absolute Gasteiger partial charge is 0.160 e. The third kappa shape index (κ3) is 4.39. The number of aromatic nitrogens is 4. The minimum atomic E-state index is 0.692. The van der Waals surface area contributed by atoms with E-state index in [2.05, 4.69) is 167 Å². The second-order valence-corrected chi connectivity index (χ2v) is 12.6. The van der Waals surface area contributed by atoms with Gasteiger partial charge in [-0.05, 0) is 36.4 Å². The van der Waals surface area contributed by atoms with Gasteiger partial charge in [-0.1, -0.05) is 146 Å². The molecule has 0 atom stereocenters. The predicted molar refractivity (Wildman–Crippen MR) is 207 cm³/mol. The lowest BCUT2D eigenvalue weighted by Gasteiger charge is -2.21. The average Bonchev–Trinajstić information content (AvgIpc) is 3.71. The minimum absolute atomic E-state index is 0.692. The van der Waals surface area contributed by atoms with Crippen molar-refractivity contribution in [3.63, 3.8) is 0 Å². The zero-order valence-electron chi connectivity index (χ0n) is 27.1. The van der Waals surface area contributed by atoms with Crippen LogP contribution in [0.15, 0.2) is 182 Å². The molecule has 0 saturated heterocycles. The molecule has 0 spiro atoms. The van der Waals surface area contributed by atoms with Crippen molar-refractivity contribution in [2.45, 2.75) is 0 Å². The summed E-state index contributed by atoms with van der Waals surface area (Å²) in [5, 5.41) is 4.87. The Hall–Kier alpha value is -6.78. The SMILES string of the molecule is c1ccc(-c2cc(-c3cccc(-n4c5ccccc5c5ccccc54)c3-n3c4ccccc4c4ccccc43)nc(-c3ccccc3)n2)cc1. The highest BCUT2D eigenvalue weighted by Gasteiger charge is 2.23. The molecule has 234 valence electrons. The van der Waals surface area contributed by atoms with Gasteiger partial charge >= 0.3 is 0 Å². The molecule has 0 aliphatic heterocycles. The van der Waals surface area contributed by atoms with Crippen molar-refractivity contribution < 1.29 is 0 Å². The normalized spacial score (nSPS) is 11.6. The molecule has 4 heteroatoms. The van der Waals surface area contributed by atoms with Crippen LogP contribution in [0.3, 0.4) is 0 Å². The van der Waals surface area contributed by atoms with Crippen molar-refractivity contribution in [2.24, 2.45) is 0 Å². The van der Waals surface area contributed by atoms with Crippen LogP contribution in [0.5, 0.6) is 0 Å². The van der Waals surface area contributed by atoms with Crippen molar-refractivity contribution in [1.29, 1.82) is 0 Å². The molecule has 0 aliphatic rings. The van der Waals surface area contributed by atoms with Crippen LogP contribution in [0, 0.1) is 0 Å². The fourth-order valence-electron chi connectivity index (χ4n) is 7.56. The molecule has 0 N–H and O–H groups in total. The van der Waals surface area contributed by atoms with E-state index >= 15 is 0 Å². The maximum atomic E-state index is 5.34. The molecule has 0 fully saturated rings. The largest absolute Gasteiger partial charge is 0.307 e. The zero-order valence-corrected chi connectivity index (χ0v) is 27.1. The van der Waals surface area contributed by atoms with Gasteiger partial charge in [-0.15, -0.1) is 0 Å². The van der Waals surface area contributed by atoms with E-state index < -0.39 is 0 Å². The number of para-hydroxylation sites is 5. The lowest BCUT2D eigenvalue weighted by molar-refractivity contribution is 1.09. The van der Waals surface area contributed by atoms with Gasteiger partial charge in [-0.25, -0.2) is 9.97 Å². The maximum absolute atomic E-state index is 5.34. The van der Waals surface area contributed by atoms with Crippen molar-refractivity contribution in [2.75, 3.05) is 0 Å². The van der Waals surface area contributed by atoms with Gasteiger partial charge in [0.1, 0.15) is 0 Å². The van der Waals surface area contributed by atoms with E-state index in [9.17, 15) is 0 Å². The van der Waals surface area contributed by atoms with Gasteiger partial charge in [0.15, 0.2) is 5.82 Å². The van der Waals surface area contributed by atoms with Crippen LogP contribution in [0.1, 0.15) is 0 Å². The third-order valence-corrected chi connectivity index (χ3v) is 9.74. The van der Waals surface area contributed by atoms with Crippen molar-refractivity contribution in [1.82, 2.24) is 19.1 Å². The van der Waals surface area contributed by atoms with E-state index in [1.807, 2.05) is 24.3 Å². The Morgan fingerprint density at radius 3 is 1.32 bits per heavy atom. The summed E-state index contributed by atoms with van der Waals surface area (Å²) >= 11 is 0. The van der Waals surface area contributed by atoms with Crippen LogP contribution in [-0.4, -0.2) is 19.1 Å². The summed E-state index contributed by atoms with van der Waals surface area (Å²) in [6.45, 7) is 0. The predicted octanol–water partition coefficient (Wildman–Crippen LogP) is 11.7. The number of fused-ring (bicyclic) bond motifs is 6. The van der Waals surface area contributed by atoms with Crippen LogP contribution < -0.4 is 0 Å². The van der Waals surface area contributed by atoms with Gasteiger partial charge < -0.3 is 9.13 Å². The molecule has 10 rings (SSSR count). The molecule has 3 aromatic heterocycles. The summed E-state index contributed by atoms with van der Waals surface area (Å²) in [6.07, 6.45) is 0. The van der Waals surface area contributed by atoms with E-state index in [-0.39, 0.29) is 0 Å². The van der Waals surface area contributed by atoms with Gasteiger partial charge in [0.05, 0.1) is 44.8 Å². The average molecular weight is 639 g/mol. The summed E-state index contributed by atoms with van der Waals surface area (Å²) in [4.78, 5) is 10.5. The summed E-state index contributed by atoms with van der Waals surface area (Å²) < 4.78 is 4.86. The molecule has 4 nitrogen and oxygen atoms in total. The van der Waals surface area contributed by atoms with Gasteiger partial charge in [-0.2, -0.15) is 0 Å². The van der Waals surface area contributed by atoms with Crippen LogP contribution in [0.25, 0.3) is 88.9 Å². The van der Waals surface area contributed by atoms with E-state index in [4.69, 9.17) is 9.97 Å². The van der Waals surface area contributed by atoms with Gasteiger partial charge in [0.2, 0.25) is 0 Å². The summed E-state index contributed by atoms with van der Waals surface area (Å²) in [6, 6.07) is 64.3. The Labute approximate surface area is 289 Å². The summed E-state index contributed by atoms with van der Waals surface area (Å²) in [7, 11) is 0. The molecule has 0 unspecified atom stereocenters. The monoisotopic (exact) mass is 638 g/mol. The first-order valence-corrected chi connectivity index (χ1v) is 16.9. The molecular formula is C46H30N4. The molecule has 10 aromatic rings. The highest BCUT2D eigenvalue weighted by molar-refractivity contribution is 6.12. The number of hydrogen-bond acceptors (Lipinski definition) is 2. The highest BCUT2D eigenvalue weighted by Crippen LogP contribution is 2.42. The first-order valence-electron chi connectivity index (χ1n) is 16.9. The molecule has 0 aliphatic carbocycles. The number of nitrogens with zero attached hydrogens (tertiary/aromatic N) is 4. The van der Waals surface area contributed by atoms with E-state index in [1.165, 1.54) is 21.5 Å². The van der Waals surface area contributed by atoms with E-state index in [1.54, 1.807) is 0 Å². The molecule has 7 aromatic carbocycles. The first-order chi connectivity index (χ1) is 24.8. The van der Waals surface area contributed by atoms with Crippen molar-refractivity contribution in [3.8, 4) is 45.3 Å². The molecule has 3 heterocycles. The lowest BCUT2D eigenvalue weighted by atomic mass is 10.0. The Balaban J connectivity index is 1.37. The van der Waals surface area contributed by atoms with Crippen molar-refractivity contribution >= 4 is 43.6 Å². The minimum Gasteiger partial charge on any atom is -0.307 e. The zero-order chi connectivity index (χ0) is 33.0. The topological polar surface area (TPSA) is 35.6 Å². The van der Waals surface area contributed by atoms with Gasteiger partial charge in [-0.3, -0.25) is 0 Å². The van der Waals surface area contributed by atoms with Crippen LogP contribution in [0.4, 0.5) is 0 Å². The van der Waals surface area contributed by atoms with Crippen LogP contribution >= 0.6 is 0 Å². The van der Waals surface area contributed by atoms with Crippen LogP contribution in [0.2, 0.25) is 0 Å². The quantitative estimate of drug-likeness (QED) is 0.188. The van der Waals surface area contributed by atoms with Gasteiger partial charge in [0.25, 0.3) is 0 Å². The fourth-order valence-corrected chi connectivity index (χ4v) is 7.56. The standard InChI is InChI=1S/C46H30N4/c1-3-16-31(17-4-1)38-30-39(48-46(47-38)32-18-5-2-6-19-32)37-24-15-29-44(49-40-25-11-7-20-33(40)34-21-8-12-26-41(34)49)45(37)50-42-27-13-9-22-35(42)36-23-10-14-28-43(36)50/h1-30H. The molecule has 0 radical (unpaired) electrons. The van der Waals surface area contributed by atoms with E-state index in [0.717, 1.165) is 61.5 Å². The van der Waals surface area contributed by atoms with E-state index in [0.29, 0.717) is 5.82 Å². The molecule has 50 heavy (non-hydrogen) atoms. The molecule has 0 amide bonds. The Bertz CT molecular complexity index is 2700. The molecular weight excluding hydrogens is 609 g/mol. The van der Waals surface area contributed by atoms with Crippen LogP contribution in [-0.2, 0) is 0 Å². The number of benzene rings is 7. The third-order valence-electron chi connectivity index (χ3n) is 9.74. The second kappa shape index (κ2) is 11.4. The summed E-state index contributed by atoms with van der Waals surface area (Å²) in [5.74, 6) is 0.692. The molecule has 0 bridgehead atoms. The number of rotatable bonds is 5.